The molecule has 0 saturated carbocycles. The quantitative estimate of drug-likeness (QED) is 0.213. The van der Waals surface area contributed by atoms with Crippen LogP contribution in [0.2, 0.25) is 5.02 Å². The number of nitrogens with two attached hydrogens (primary N) is 2. The monoisotopic (exact) mass is 528 g/mol. The Hall–Kier alpha value is -2.34. The predicted molar refractivity (Wildman–Crippen MR) is 132 cm³/mol. The summed E-state index contributed by atoms with van der Waals surface area (Å²) in [6.45, 7) is 1.10. The van der Waals surface area contributed by atoms with Gasteiger partial charge < -0.3 is 30.6 Å². The summed E-state index contributed by atoms with van der Waals surface area (Å²) < 4.78 is 46.3. The molecule has 0 radical (unpaired) electrons. The molecule has 0 aliphatic carbocycles. The van der Waals surface area contributed by atoms with Gasteiger partial charge >= 0.3 is 0 Å². The molecule has 3 rings (SSSR count). The van der Waals surface area contributed by atoms with Gasteiger partial charge in [-0.3, -0.25) is 0 Å². The maximum atomic E-state index is 13.6. The van der Waals surface area contributed by atoms with E-state index in [0.717, 1.165) is 42.2 Å². The van der Waals surface area contributed by atoms with E-state index in [1.54, 1.807) is 0 Å². The van der Waals surface area contributed by atoms with Gasteiger partial charge in [-0.15, -0.1) is 0 Å². The van der Waals surface area contributed by atoms with Gasteiger partial charge in [0.15, 0.2) is 17.5 Å². The average Bonchev–Trinajstić information content (AvgIpc) is 2.82. The van der Waals surface area contributed by atoms with Crippen LogP contribution in [0.5, 0.6) is 0 Å². The fourth-order valence-corrected chi connectivity index (χ4v) is 4.56. The molecule has 1 aliphatic rings. The highest BCUT2D eigenvalue weighted by molar-refractivity contribution is 6.30. The molecule has 6 N–H and O–H groups in total. The van der Waals surface area contributed by atoms with Crippen LogP contribution in [-0.2, 0) is 11.3 Å². The summed E-state index contributed by atoms with van der Waals surface area (Å²) in [5.41, 5.74) is 6.82. The first-order valence-corrected chi connectivity index (χ1v) is 12.0. The van der Waals surface area contributed by atoms with E-state index in [2.05, 4.69) is 4.90 Å². The van der Waals surface area contributed by atoms with Crippen LogP contribution in [0.4, 0.5) is 13.2 Å². The molecule has 4 atom stereocenters. The number of hydrazine groups is 1. The molecule has 0 aromatic heterocycles. The zero-order valence-electron chi connectivity index (χ0n) is 20.0. The summed E-state index contributed by atoms with van der Waals surface area (Å²) in [4.78, 5) is 2.16. The van der Waals surface area contributed by atoms with Crippen molar-refractivity contribution >= 4 is 17.3 Å². The Bertz CT molecular complexity index is 1040. The minimum Gasteiger partial charge on any atom is -0.397 e. The Morgan fingerprint density at radius 3 is 2.56 bits per heavy atom. The highest BCUT2D eigenvalue weighted by Gasteiger charge is 2.39. The van der Waals surface area contributed by atoms with Crippen molar-refractivity contribution in [3.63, 3.8) is 0 Å². The van der Waals surface area contributed by atoms with E-state index in [1.807, 2.05) is 31.3 Å². The lowest BCUT2D eigenvalue weighted by Crippen LogP contribution is -2.57. The Morgan fingerprint density at radius 1 is 1.22 bits per heavy atom. The molecule has 1 saturated heterocycles. The molecule has 36 heavy (non-hydrogen) atoms. The van der Waals surface area contributed by atoms with Gasteiger partial charge in [-0.2, -0.15) is 0 Å². The topological polar surface area (TPSA) is 108 Å². The second kappa shape index (κ2) is 12.8. The number of rotatable bonds is 10. The van der Waals surface area contributed by atoms with Crippen LogP contribution in [0.25, 0.3) is 5.70 Å². The third-order valence-corrected chi connectivity index (χ3v) is 6.46. The minimum absolute atomic E-state index is 0.0959. The number of ether oxygens (including phenoxy) is 1. The highest BCUT2D eigenvalue weighted by Crippen LogP contribution is 2.27. The van der Waals surface area contributed by atoms with Crippen molar-refractivity contribution in [3.8, 4) is 0 Å². The first-order chi connectivity index (χ1) is 17.1. The molecule has 1 fully saturated rings. The van der Waals surface area contributed by atoms with Crippen LogP contribution in [0, 0.1) is 17.5 Å². The van der Waals surface area contributed by atoms with Gasteiger partial charge in [0.2, 0.25) is 0 Å². The molecule has 7 nitrogen and oxygen atoms in total. The van der Waals surface area contributed by atoms with Crippen molar-refractivity contribution in [1.29, 1.82) is 0 Å². The summed E-state index contributed by atoms with van der Waals surface area (Å²) in [6.07, 6.45) is 0.710. The highest BCUT2D eigenvalue weighted by atomic mass is 35.5. The standard InChI is InChI=1S/C25H32ClF3N4O3/c1-32(12-15-4-2-5-17(26)8-15)7-3-6-18-11-22(25(35)23(14-34)36-18)33(31)13-21(30)16-9-19(27)24(29)20(28)10-16/h2,4-5,8-10,13,18,22-23,25,34-35H,3,6-7,11-12,14,30-31H2,1H3/b21-13-. The summed E-state index contributed by atoms with van der Waals surface area (Å²) in [7, 11) is 2.00. The van der Waals surface area contributed by atoms with Gasteiger partial charge in [0.25, 0.3) is 0 Å². The SMILES string of the molecule is CN(CCCC1CC(N(N)/C=C(\N)c2cc(F)c(F)c(F)c2)C(O)C(CO)O1)Cc1cccc(Cl)c1. The van der Waals surface area contributed by atoms with Crippen molar-refractivity contribution in [2.24, 2.45) is 11.6 Å². The number of benzene rings is 2. The van der Waals surface area contributed by atoms with Gasteiger partial charge in [0.05, 0.1) is 24.4 Å². The van der Waals surface area contributed by atoms with Crippen molar-refractivity contribution in [2.45, 2.75) is 50.2 Å². The molecule has 2 aromatic rings. The summed E-state index contributed by atoms with van der Waals surface area (Å²) in [6, 6.07) is 8.50. The third kappa shape index (κ3) is 7.34. The van der Waals surface area contributed by atoms with Crippen molar-refractivity contribution < 1.29 is 28.1 Å². The molecule has 2 aromatic carbocycles. The summed E-state index contributed by atoms with van der Waals surface area (Å²) in [5, 5.41) is 22.2. The molecular weight excluding hydrogens is 497 g/mol. The lowest BCUT2D eigenvalue weighted by molar-refractivity contribution is -0.163. The average molecular weight is 529 g/mol. The van der Waals surface area contributed by atoms with E-state index in [-0.39, 0.29) is 17.4 Å². The van der Waals surface area contributed by atoms with Crippen molar-refractivity contribution in [2.75, 3.05) is 20.2 Å². The maximum absolute atomic E-state index is 13.6. The van der Waals surface area contributed by atoms with Gasteiger partial charge in [-0.1, -0.05) is 23.7 Å². The number of nitrogens with zero attached hydrogens (tertiary/aromatic N) is 2. The summed E-state index contributed by atoms with van der Waals surface area (Å²) >= 11 is 6.05. The zero-order chi connectivity index (χ0) is 26.4. The molecule has 11 heteroatoms. The third-order valence-electron chi connectivity index (χ3n) is 6.22. The van der Waals surface area contributed by atoms with Gasteiger partial charge in [-0.25, -0.2) is 19.0 Å². The van der Waals surface area contributed by atoms with E-state index >= 15 is 0 Å². The Kier molecular flexibility index (Phi) is 10.0. The van der Waals surface area contributed by atoms with Gasteiger partial charge in [-0.05, 0) is 62.7 Å². The molecule has 198 valence electrons. The smallest absolute Gasteiger partial charge is 0.194 e. The van der Waals surface area contributed by atoms with E-state index in [0.29, 0.717) is 17.9 Å². The molecular formula is C25H32ClF3N4O3. The van der Waals surface area contributed by atoms with Crippen LogP contribution in [0.15, 0.2) is 42.6 Å². The molecule has 0 amide bonds. The van der Waals surface area contributed by atoms with Crippen molar-refractivity contribution in [3.05, 3.63) is 76.2 Å². The number of aliphatic hydroxyl groups excluding tert-OH is 2. The lowest BCUT2D eigenvalue weighted by atomic mass is 9.93. The zero-order valence-corrected chi connectivity index (χ0v) is 20.7. The van der Waals surface area contributed by atoms with Crippen LogP contribution >= 0.6 is 11.6 Å². The second-order valence-corrected chi connectivity index (χ2v) is 9.50. The fraction of sp³-hybridized carbons (Fsp3) is 0.440. The first kappa shape index (κ1) is 28.2. The van der Waals surface area contributed by atoms with Gasteiger partial charge in [0, 0.05) is 23.3 Å². The molecule has 4 unspecified atom stereocenters. The van der Waals surface area contributed by atoms with Crippen LogP contribution < -0.4 is 11.6 Å². The normalized spacial score (nSPS) is 22.8. The molecule has 1 aliphatic heterocycles. The molecule has 0 bridgehead atoms. The number of hydrogen-bond acceptors (Lipinski definition) is 7. The number of hydrogen-bond donors (Lipinski definition) is 4. The van der Waals surface area contributed by atoms with E-state index in [4.69, 9.17) is 27.9 Å². The number of aliphatic hydroxyl groups is 2. The first-order valence-electron chi connectivity index (χ1n) is 11.6. The molecule has 0 spiro atoms. The number of halogens is 4. The maximum Gasteiger partial charge on any atom is 0.194 e. The summed E-state index contributed by atoms with van der Waals surface area (Å²) in [5.74, 6) is 1.79. The van der Waals surface area contributed by atoms with Crippen molar-refractivity contribution in [1.82, 2.24) is 9.91 Å². The minimum atomic E-state index is -1.59. The van der Waals surface area contributed by atoms with E-state index in [1.165, 1.54) is 6.20 Å². The fourth-order valence-electron chi connectivity index (χ4n) is 4.34. The largest absolute Gasteiger partial charge is 0.397 e. The van der Waals surface area contributed by atoms with E-state index in [9.17, 15) is 23.4 Å². The van der Waals surface area contributed by atoms with E-state index < -0.39 is 42.3 Å². The molecule has 1 heterocycles. The van der Waals surface area contributed by atoms with Gasteiger partial charge in [0.1, 0.15) is 12.2 Å². The second-order valence-electron chi connectivity index (χ2n) is 9.07. The van der Waals surface area contributed by atoms with Crippen LogP contribution in [-0.4, -0.2) is 64.7 Å². The Morgan fingerprint density at radius 2 is 1.92 bits per heavy atom. The Labute approximate surface area is 213 Å². The Balaban J connectivity index is 1.61. The lowest BCUT2D eigenvalue weighted by Gasteiger charge is -2.42. The predicted octanol–water partition coefficient (Wildman–Crippen LogP) is 2.98. The van der Waals surface area contributed by atoms with Crippen LogP contribution in [0.1, 0.15) is 30.4 Å². The van der Waals surface area contributed by atoms with Crippen LogP contribution in [0.3, 0.4) is 0 Å².